The zero-order chi connectivity index (χ0) is 16.3. The Hall–Kier alpha value is -1.46. The monoisotopic (exact) mass is 308 g/mol. The van der Waals surface area contributed by atoms with Gasteiger partial charge in [0.2, 0.25) is 0 Å². The van der Waals surface area contributed by atoms with Gasteiger partial charge < -0.3 is 10.0 Å². The molecule has 4 nitrogen and oxygen atoms in total. The molecule has 1 heterocycles. The second kappa shape index (κ2) is 7.20. The van der Waals surface area contributed by atoms with Crippen LogP contribution in [-0.4, -0.2) is 59.1 Å². The predicted octanol–water partition coefficient (Wildman–Crippen LogP) is 2.13. The number of carbonyl (C=O) groups is 1. The lowest BCUT2D eigenvalue weighted by Gasteiger charge is -2.46. The maximum Gasteiger partial charge on any atom is 0.253 e. The highest BCUT2D eigenvalue weighted by Crippen LogP contribution is 2.21. The zero-order valence-electron chi connectivity index (χ0n) is 13.5. The molecular formula is C17H25FN2O2. The SMILES string of the molecule is CCCC(CN1C[C@H](O)[C@@H]1C)N(C)C(=O)c1ccc(F)cc1. The van der Waals surface area contributed by atoms with Crippen molar-refractivity contribution in [1.29, 1.82) is 0 Å². The second-order valence-corrected chi connectivity index (χ2v) is 6.13. The van der Waals surface area contributed by atoms with Crippen LogP contribution in [-0.2, 0) is 0 Å². The van der Waals surface area contributed by atoms with Gasteiger partial charge in [-0.2, -0.15) is 0 Å². The van der Waals surface area contributed by atoms with E-state index in [1.807, 2.05) is 6.92 Å². The molecule has 0 radical (unpaired) electrons. The fourth-order valence-electron chi connectivity index (χ4n) is 2.88. The highest BCUT2D eigenvalue weighted by atomic mass is 19.1. The molecule has 0 aromatic heterocycles. The summed E-state index contributed by atoms with van der Waals surface area (Å²) in [7, 11) is 1.80. The van der Waals surface area contributed by atoms with Gasteiger partial charge in [-0.15, -0.1) is 0 Å². The topological polar surface area (TPSA) is 43.8 Å². The van der Waals surface area contributed by atoms with Gasteiger partial charge >= 0.3 is 0 Å². The van der Waals surface area contributed by atoms with Gasteiger partial charge in [0, 0.05) is 37.8 Å². The van der Waals surface area contributed by atoms with Crippen LogP contribution in [0.25, 0.3) is 0 Å². The fraction of sp³-hybridized carbons (Fsp3) is 0.588. The summed E-state index contributed by atoms with van der Waals surface area (Å²) in [4.78, 5) is 16.5. The minimum Gasteiger partial charge on any atom is -0.390 e. The molecular weight excluding hydrogens is 283 g/mol. The van der Waals surface area contributed by atoms with E-state index in [0.29, 0.717) is 12.1 Å². The van der Waals surface area contributed by atoms with E-state index in [4.69, 9.17) is 0 Å². The van der Waals surface area contributed by atoms with E-state index < -0.39 is 0 Å². The molecule has 122 valence electrons. The third kappa shape index (κ3) is 3.65. The first kappa shape index (κ1) is 16.9. The van der Waals surface area contributed by atoms with Crippen molar-refractivity contribution in [1.82, 2.24) is 9.80 Å². The van der Waals surface area contributed by atoms with Gasteiger partial charge in [-0.05, 0) is 37.6 Å². The first-order chi connectivity index (χ1) is 10.4. The molecule has 1 aromatic rings. The van der Waals surface area contributed by atoms with E-state index in [-0.39, 0.29) is 29.9 Å². The van der Waals surface area contributed by atoms with E-state index in [9.17, 15) is 14.3 Å². The average molecular weight is 308 g/mol. The molecule has 1 aliphatic rings. The molecule has 1 aromatic carbocycles. The minimum absolute atomic E-state index is 0.0906. The number of likely N-dealkylation sites (tertiary alicyclic amines) is 1. The zero-order valence-corrected chi connectivity index (χ0v) is 13.5. The summed E-state index contributed by atoms with van der Waals surface area (Å²) in [6.07, 6.45) is 1.62. The van der Waals surface area contributed by atoms with Gasteiger partial charge in [0.15, 0.2) is 0 Å². The van der Waals surface area contributed by atoms with Crippen molar-refractivity contribution in [3.63, 3.8) is 0 Å². The summed E-state index contributed by atoms with van der Waals surface area (Å²) in [6.45, 7) is 5.52. The first-order valence-electron chi connectivity index (χ1n) is 7.88. The summed E-state index contributed by atoms with van der Waals surface area (Å²) >= 11 is 0. The third-order valence-electron chi connectivity index (χ3n) is 4.58. The van der Waals surface area contributed by atoms with Gasteiger partial charge in [-0.3, -0.25) is 9.69 Å². The van der Waals surface area contributed by atoms with Crippen molar-refractivity contribution in [2.45, 2.75) is 44.9 Å². The lowest BCUT2D eigenvalue weighted by molar-refractivity contribution is -0.0614. The number of aliphatic hydroxyl groups is 1. The Morgan fingerprint density at radius 2 is 2.09 bits per heavy atom. The molecule has 0 bridgehead atoms. The van der Waals surface area contributed by atoms with Gasteiger partial charge in [-0.1, -0.05) is 13.3 Å². The number of aliphatic hydroxyl groups excluding tert-OH is 1. The Bertz CT molecular complexity index is 506. The van der Waals surface area contributed by atoms with Crippen LogP contribution in [0.4, 0.5) is 4.39 Å². The van der Waals surface area contributed by atoms with Crippen molar-refractivity contribution >= 4 is 5.91 Å². The van der Waals surface area contributed by atoms with Crippen LogP contribution in [0.5, 0.6) is 0 Å². The molecule has 3 atom stereocenters. The lowest BCUT2D eigenvalue weighted by atomic mass is 9.98. The van der Waals surface area contributed by atoms with Crippen molar-refractivity contribution in [2.24, 2.45) is 0 Å². The third-order valence-corrected chi connectivity index (χ3v) is 4.58. The van der Waals surface area contributed by atoms with Crippen LogP contribution in [0.2, 0.25) is 0 Å². The number of β-amino-alcohol motifs (C(OH)–C–C–N with tert-alkyl or cyclic N) is 1. The van der Waals surface area contributed by atoms with Crippen molar-refractivity contribution in [2.75, 3.05) is 20.1 Å². The standard InChI is InChI=1S/C17H25FN2O2/c1-4-5-15(10-20-11-16(21)12(20)2)19(3)17(22)13-6-8-14(18)9-7-13/h6-9,12,15-16,21H,4-5,10-11H2,1-3H3/t12-,15?,16-/m0/s1. The molecule has 5 heteroatoms. The van der Waals surface area contributed by atoms with Gasteiger partial charge in [0.1, 0.15) is 5.82 Å². The molecule has 0 saturated carbocycles. The molecule has 1 amide bonds. The van der Waals surface area contributed by atoms with Crippen LogP contribution >= 0.6 is 0 Å². The van der Waals surface area contributed by atoms with Crippen LogP contribution in [0.1, 0.15) is 37.0 Å². The molecule has 0 aliphatic carbocycles. The number of rotatable bonds is 6. The first-order valence-corrected chi connectivity index (χ1v) is 7.88. The summed E-state index contributed by atoms with van der Waals surface area (Å²) in [5.41, 5.74) is 0.502. The minimum atomic E-state index is -0.340. The Morgan fingerprint density at radius 1 is 1.45 bits per heavy atom. The summed E-state index contributed by atoms with van der Waals surface area (Å²) in [5, 5.41) is 9.62. The van der Waals surface area contributed by atoms with E-state index >= 15 is 0 Å². The molecule has 0 spiro atoms. The summed E-state index contributed by atoms with van der Waals surface area (Å²) in [6, 6.07) is 5.90. The van der Waals surface area contributed by atoms with Crippen molar-refractivity contribution in [3.05, 3.63) is 35.6 Å². The number of amides is 1. The highest BCUT2D eigenvalue weighted by molar-refractivity contribution is 5.94. The van der Waals surface area contributed by atoms with Crippen LogP contribution in [0.15, 0.2) is 24.3 Å². The number of halogens is 1. The van der Waals surface area contributed by atoms with Crippen LogP contribution in [0.3, 0.4) is 0 Å². The average Bonchev–Trinajstić information content (AvgIpc) is 2.52. The molecule has 1 aliphatic heterocycles. The quantitative estimate of drug-likeness (QED) is 0.875. The Balaban J connectivity index is 2.03. The molecule has 22 heavy (non-hydrogen) atoms. The molecule has 2 rings (SSSR count). The number of nitrogens with zero attached hydrogens (tertiary/aromatic N) is 2. The maximum atomic E-state index is 13.0. The predicted molar refractivity (Wildman–Crippen MR) is 84.2 cm³/mol. The van der Waals surface area contributed by atoms with Crippen molar-refractivity contribution in [3.8, 4) is 0 Å². The Kier molecular flexibility index (Phi) is 5.53. The smallest absolute Gasteiger partial charge is 0.253 e. The summed E-state index contributed by atoms with van der Waals surface area (Å²) in [5.74, 6) is -0.431. The van der Waals surface area contributed by atoms with E-state index in [1.54, 1.807) is 11.9 Å². The molecule has 1 fully saturated rings. The number of hydrogen-bond acceptors (Lipinski definition) is 3. The van der Waals surface area contributed by atoms with E-state index in [0.717, 1.165) is 19.4 Å². The maximum absolute atomic E-state index is 13.0. The summed E-state index contributed by atoms with van der Waals surface area (Å²) < 4.78 is 13.0. The van der Waals surface area contributed by atoms with Crippen molar-refractivity contribution < 1.29 is 14.3 Å². The van der Waals surface area contributed by atoms with E-state index in [1.165, 1.54) is 24.3 Å². The number of hydrogen-bond donors (Lipinski definition) is 1. The van der Waals surface area contributed by atoms with Crippen LogP contribution in [0, 0.1) is 5.82 Å². The fourth-order valence-corrected chi connectivity index (χ4v) is 2.88. The van der Waals surface area contributed by atoms with E-state index in [2.05, 4.69) is 11.8 Å². The molecule has 1 unspecified atom stereocenters. The Morgan fingerprint density at radius 3 is 2.59 bits per heavy atom. The largest absolute Gasteiger partial charge is 0.390 e. The molecule has 1 N–H and O–H groups in total. The number of benzene rings is 1. The number of likely N-dealkylation sites (N-methyl/N-ethyl adjacent to an activating group) is 1. The second-order valence-electron chi connectivity index (χ2n) is 6.13. The lowest BCUT2D eigenvalue weighted by Crippen LogP contribution is -2.61. The van der Waals surface area contributed by atoms with Gasteiger partial charge in [0.05, 0.1) is 6.10 Å². The Labute approximate surface area is 131 Å². The number of carbonyl (C=O) groups excluding carboxylic acids is 1. The highest BCUT2D eigenvalue weighted by Gasteiger charge is 2.36. The van der Waals surface area contributed by atoms with Gasteiger partial charge in [-0.25, -0.2) is 4.39 Å². The van der Waals surface area contributed by atoms with Gasteiger partial charge in [0.25, 0.3) is 5.91 Å². The normalized spacial score (nSPS) is 23.0. The molecule has 1 saturated heterocycles. The van der Waals surface area contributed by atoms with Crippen LogP contribution < -0.4 is 0 Å².